The number of likely N-dealkylation sites (tertiary alicyclic amines) is 1. The zero-order valence-corrected chi connectivity index (χ0v) is 11.0. The first-order valence-corrected chi connectivity index (χ1v) is 6.77. The van der Waals surface area contributed by atoms with Crippen molar-refractivity contribution in [1.29, 1.82) is 0 Å². The molecule has 1 saturated heterocycles. The van der Waals surface area contributed by atoms with Gasteiger partial charge in [-0.2, -0.15) is 0 Å². The van der Waals surface area contributed by atoms with Gasteiger partial charge in [0, 0.05) is 12.4 Å². The number of nitrogens with zero attached hydrogens (tertiary/aromatic N) is 2. The molecule has 1 aliphatic rings. The molecule has 1 amide bonds. The monoisotopic (exact) mass is 250 g/mol. The van der Waals surface area contributed by atoms with Gasteiger partial charge in [0.1, 0.15) is 5.82 Å². The van der Waals surface area contributed by atoms with Crippen LogP contribution in [0.1, 0.15) is 38.4 Å². The molecule has 0 spiro atoms. The molecule has 1 aromatic rings. The Morgan fingerprint density at radius 2 is 2.17 bits per heavy atom. The number of carbonyl (C=O) groups excluding carboxylic acids is 1. The van der Waals surface area contributed by atoms with E-state index in [0.717, 1.165) is 18.9 Å². The van der Waals surface area contributed by atoms with Crippen LogP contribution in [0.5, 0.6) is 0 Å². The third-order valence-corrected chi connectivity index (χ3v) is 3.55. The lowest BCUT2D eigenvalue weighted by Gasteiger charge is -2.26. The highest BCUT2D eigenvalue weighted by Gasteiger charge is 2.21. The Bertz CT molecular complexity index is 355. The third kappa shape index (κ3) is 3.57. The first-order valence-electron chi connectivity index (χ1n) is 6.77. The van der Waals surface area contributed by atoms with Crippen molar-refractivity contribution in [1.82, 2.24) is 20.2 Å². The summed E-state index contributed by atoms with van der Waals surface area (Å²) in [7, 11) is 0. The number of rotatable bonds is 4. The first kappa shape index (κ1) is 13.1. The molecule has 0 saturated carbocycles. The van der Waals surface area contributed by atoms with Crippen LogP contribution in [0.3, 0.4) is 0 Å². The van der Waals surface area contributed by atoms with Gasteiger partial charge in [-0.15, -0.1) is 0 Å². The summed E-state index contributed by atoms with van der Waals surface area (Å²) in [6.45, 7) is 4.54. The van der Waals surface area contributed by atoms with Gasteiger partial charge in [-0.25, -0.2) is 4.98 Å². The fourth-order valence-corrected chi connectivity index (χ4v) is 2.36. The molecule has 1 aliphatic heterocycles. The van der Waals surface area contributed by atoms with E-state index in [0.29, 0.717) is 6.54 Å². The molecule has 2 rings (SSSR count). The smallest absolute Gasteiger partial charge is 0.237 e. The average molecular weight is 250 g/mol. The molecule has 0 bridgehead atoms. The van der Waals surface area contributed by atoms with Crippen molar-refractivity contribution < 1.29 is 4.79 Å². The fourth-order valence-electron chi connectivity index (χ4n) is 2.36. The molecule has 5 heteroatoms. The Kier molecular flexibility index (Phi) is 4.75. The van der Waals surface area contributed by atoms with Crippen molar-refractivity contribution in [2.45, 2.75) is 45.2 Å². The van der Waals surface area contributed by atoms with Gasteiger partial charge in [0.15, 0.2) is 0 Å². The highest BCUT2D eigenvalue weighted by Crippen LogP contribution is 2.12. The van der Waals surface area contributed by atoms with Gasteiger partial charge in [0.05, 0.1) is 12.6 Å². The summed E-state index contributed by atoms with van der Waals surface area (Å²) in [5, 5.41) is 2.93. The van der Waals surface area contributed by atoms with Gasteiger partial charge >= 0.3 is 0 Å². The summed E-state index contributed by atoms with van der Waals surface area (Å²) < 4.78 is 0. The van der Waals surface area contributed by atoms with Gasteiger partial charge in [-0.05, 0) is 32.9 Å². The van der Waals surface area contributed by atoms with Gasteiger partial charge in [0.25, 0.3) is 0 Å². The van der Waals surface area contributed by atoms with E-state index in [1.165, 1.54) is 25.7 Å². The predicted molar refractivity (Wildman–Crippen MR) is 69.9 cm³/mol. The topological polar surface area (TPSA) is 61.0 Å². The number of H-pyrrole nitrogens is 1. The van der Waals surface area contributed by atoms with Crippen LogP contribution in [0.25, 0.3) is 0 Å². The predicted octanol–water partition coefficient (Wildman–Crippen LogP) is 1.29. The number of aromatic amines is 1. The Morgan fingerprint density at radius 1 is 1.44 bits per heavy atom. The number of imidazole rings is 1. The normalized spacial score (nSPS) is 19.2. The molecular formula is C13H22N4O. The maximum atomic E-state index is 12.1. The molecule has 100 valence electrons. The molecule has 1 atom stereocenters. The molecule has 1 aromatic heterocycles. The summed E-state index contributed by atoms with van der Waals surface area (Å²) in [5.41, 5.74) is 0. The van der Waals surface area contributed by atoms with Crippen LogP contribution in [0.15, 0.2) is 12.4 Å². The van der Waals surface area contributed by atoms with Gasteiger partial charge in [-0.1, -0.05) is 12.8 Å². The van der Waals surface area contributed by atoms with Crippen LogP contribution in [0, 0.1) is 0 Å². The van der Waals surface area contributed by atoms with Crippen molar-refractivity contribution >= 4 is 5.91 Å². The summed E-state index contributed by atoms with van der Waals surface area (Å²) in [5.74, 6) is 0.889. The largest absolute Gasteiger partial charge is 0.348 e. The van der Waals surface area contributed by atoms with Gasteiger partial charge < -0.3 is 10.3 Å². The minimum atomic E-state index is -0.0435. The molecule has 5 nitrogen and oxygen atoms in total. The van der Waals surface area contributed by atoms with Crippen LogP contribution in [-0.2, 0) is 11.3 Å². The van der Waals surface area contributed by atoms with Crippen LogP contribution < -0.4 is 5.32 Å². The van der Waals surface area contributed by atoms with Crippen molar-refractivity contribution in [3.05, 3.63) is 18.2 Å². The van der Waals surface area contributed by atoms with E-state index in [1.54, 1.807) is 12.4 Å². The number of hydrogen-bond donors (Lipinski definition) is 2. The SMILES string of the molecule is CC(C(=O)NCc1ncc[nH]1)N1CCCCCC1. The molecule has 0 aromatic carbocycles. The average Bonchev–Trinajstić information content (AvgIpc) is 2.75. The summed E-state index contributed by atoms with van der Waals surface area (Å²) in [6, 6.07) is -0.0435. The van der Waals surface area contributed by atoms with E-state index in [-0.39, 0.29) is 11.9 Å². The zero-order valence-electron chi connectivity index (χ0n) is 11.0. The van der Waals surface area contributed by atoms with Crippen LogP contribution in [0.4, 0.5) is 0 Å². The van der Waals surface area contributed by atoms with Gasteiger partial charge in [-0.3, -0.25) is 9.69 Å². The zero-order chi connectivity index (χ0) is 12.8. The second-order valence-electron chi connectivity index (χ2n) is 4.88. The molecule has 2 heterocycles. The summed E-state index contributed by atoms with van der Waals surface area (Å²) in [6.07, 6.45) is 8.44. The lowest BCUT2D eigenvalue weighted by atomic mass is 10.2. The number of carbonyl (C=O) groups is 1. The maximum Gasteiger partial charge on any atom is 0.237 e. The van der Waals surface area contributed by atoms with Crippen LogP contribution in [0.2, 0.25) is 0 Å². The molecule has 0 radical (unpaired) electrons. The lowest BCUT2D eigenvalue weighted by Crippen LogP contribution is -2.45. The minimum Gasteiger partial charge on any atom is -0.348 e. The van der Waals surface area contributed by atoms with Crippen LogP contribution >= 0.6 is 0 Å². The minimum absolute atomic E-state index is 0.0435. The molecule has 1 unspecified atom stereocenters. The van der Waals surface area contributed by atoms with Gasteiger partial charge in [0.2, 0.25) is 5.91 Å². The summed E-state index contributed by atoms with van der Waals surface area (Å²) in [4.78, 5) is 21.4. The second-order valence-corrected chi connectivity index (χ2v) is 4.88. The van der Waals surface area contributed by atoms with E-state index in [4.69, 9.17) is 0 Å². The number of hydrogen-bond acceptors (Lipinski definition) is 3. The van der Waals surface area contributed by atoms with E-state index < -0.39 is 0 Å². The standard InChI is InChI=1S/C13H22N4O/c1-11(17-8-4-2-3-5-9-17)13(18)16-10-12-14-6-7-15-12/h6-7,11H,2-5,8-10H2,1H3,(H,14,15)(H,16,18). The van der Waals surface area contributed by atoms with Crippen molar-refractivity contribution in [3.63, 3.8) is 0 Å². The Labute approximate surface area is 108 Å². The highest BCUT2D eigenvalue weighted by molar-refractivity contribution is 5.81. The number of amides is 1. The lowest BCUT2D eigenvalue weighted by molar-refractivity contribution is -0.126. The number of aromatic nitrogens is 2. The summed E-state index contributed by atoms with van der Waals surface area (Å²) >= 11 is 0. The van der Waals surface area contributed by atoms with Crippen molar-refractivity contribution in [3.8, 4) is 0 Å². The molecule has 0 aliphatic carbocycles. The molecular weight excluding hydrogens is 228 g/mol. The maximum absolute atomic E-state index is 12.1. The quantitative estimate of drug-likeness (QED) is 0.846. The van der Waals surface area contributed by atoms with Crippen molar-refractivity contribution in [2.24, 2.45) is 0 Å². The Balaban J connectivity index is 1.79. The Hall–Kier alpha value is -1.36. The van der Waals surface area contributed by atoms with Crippen molar-refractivity contribution in [2.75, 3.05) is 13.1 Å². The Morgan fingerprint density at radius 3 is 2.78 bits per heavy atom. The van der Waals surface area contributed by atoms with E-state index in [1.807, 2.05) is 6.92 Å². The van der Waals surface area contributed by atoms with E-state index in [9.17, 15) is 4.79 Å². The molecule has 2 N–H and O–H groups in total. The number of nitrogens with one attached hydrogen (secondary N) is 2. The van der Waals surface area contributed by atoms with E-state index >= 15 is 0 Å². The molecule has 1 fully saturated rings. The van der Waals surface area contributed by atoms with Crippen LogP contribution in [-0.4, -0.2) is 39.9 Å². The third-order valence-electron chi connectivity index (χ3n) is 3.55. The highest BCUT2D eigenvalue weighted by atomic mass is 16.2. The second kappa shape index (κ2) is 6.54. The fraction of sp³-hybridized carbons (Fsp3) is 0.692. The first-order chi connectivity index (χ1) is 8.77. The molecule has 18 heavy (non-hydrogen) atoms. The van der Waals surface area contributed by atoms with E-state index in [2.05, 4.69) is 20.2 Å².